The molecule has 5 nitrogen and oxygen atoms in total. The standard InChI is InChI=1S/C13H10N2O3/c14-12(16)8-3-4-10(13(17)18)11(6-8)9-2-1-5-15-7-9/h1-7H,(H2,14,16)(H,17,18). The number of nitrogens with two attached hydrogens (primary N) is 1. The minimum absolute atomic E-state index is 0.105. The number of nitrogens with zero attached hydrogens (tertiary/aromatic N) is 1. The highest BCUT2D eigenvalue weighted by atomic mass is 16.4. The van der Waals surface area contributed by atoms with Crippen molar-refractivity contribution in [3.05, 3.63) is 53.9 Å². The van der Waals surface area contributed by atoms with Crippen molar-refractivity contribution in [2.24, 2.45) is 5.73 Å². The summed E-state index contributed by atoms with van der Waals surface area (Å²) in [6, 6.07) is 7.64. The van der Waals surface area contributed by atoms with Crippen molar-refractivity contribution in [2.75, 3.05) is 0 Å². The molecule has 1 aromatic carbocycles. The molecule has 1 aromatic heterocycles. The minimum Gasteiger partial charge on any atom is -0.478 e. The highest BCUT2D eigenvalue weighted by Crippen LogP contribution is 2.24. The Hall–Kier alpha value is -2.69. The normalized spacial score (nSPS) is 10.0. The second-order valence-electron chi connectivity index (χ2n) is 3.67. The molecule has 0 spiro atoms. The van der Waals surface area contributed by atoms with Crippen LogP contribution in [0.4, 0.5) is 0 Å². The van der Waals surface area contributed by atoms with E-state index in [0.29, 0.717) is 11.1 Å². The summed E-state index contributed by atoms with van der Waals surface area (Å²) in [4.78, 5) is 26.2. The number of amides is 1. The van der Waals surface area contributed by atoms with Crippen LogP contribution < -0.4 is 5.73 Å². The quantitative estimate of drug-likeness (QED) is 0.853. The van der Waals surface area contributed by atoms with Gasteiger partial charge in [-0.15, -0.1) is 0 Å². The highest BCUT2D eigenvalue weighted by molar-refractivity contribution is 6.00. The number of carbonyl (C=O) groups is 2. The smallest absolute Gasteiger partial charge is 0.336 e. The number of aromatic nitrogens is 1. The third-order valence-electron chi connectivity index (χ3n) is 2.51. The van der Waals surface area contributed by atoms with Crippen LogP contribution in [-0.4, -0.2) is 22.0 Å². The molecule has 0 saturated carbocycles. The average molecular weight is 242 g/mol. The average Bonchev–Trinajstić information content (AvgIpc) is 2.39. The number of carboxylic acid groups (broad SMARTS) is 1. The molecule has 5 heteroatoms. The molecule has 0 bridgehead atoms. The van der Waals surface area contributed by atoms with Crippen LogP contribution in [0.1, 0.15) is 20.7 Å². The number of benzene rings is 1. The van der Waals surface area contributed by atoms with Crippen LogP contribution in [-0.2, 0) is 0 Å². The lowest BCUT2D eigenvalue weighted by atomic mass is 9.98. The third kappa shape index (κ3) is 2.20. The summed E-state index contributed by atoms with van der Waals surface area (Å²) in [5.41, 5.74) is 6.60. The Morgan fingerprint density at radius 2 is 2.00 bits per heavy atom. The molecule has 0 unspecified atom stereocenters. The summed E-state index contributed by atoms with van der Waals surface area (Å²) in [5.74, 6) is -1.66. The fourth-order valence-corrected chi connectivity index (χ4v) is 1.64. The van der Waals surface area contributed by atoms with Crippen LogP contribution in [0, 0.1) is 0 Å². The SMILES string of the molecule is NC(=O)c1ccc(C(=O)O)c(-c2cccnc2)c1. The maximum Gasteiger partial charge on any atom is 0.336 e. The number of hydrogen-bond acceptors (Lipinski definition) is 3. The molecule has 0 aliphatic rings. The summed E-state index contributed by atoms with van der Waals surface area (Å²) >= 11 is 0. The van der Waals surface area contributed by atoms with E-state index in [9.17, 15) is 9.59 Å². The second-order valence-corrected chi connectivity index (χ2v) is 3.67. The van der Waals surface area contributed by atoms with Gasteiger partial charge in [-0.05, 0) is 29.8 Å². The van der Waals surface area contributed by atoms with E-state index in [2.05, 4.69) is 4.98 Å². The molecule has 0 fully saturated rings. The first-order chi connectivity index (χ1) is 8.59. The van der Waals surface area contributed by atoms with Gasteiger partial charge in [0, 0.05) is 23.5 Å². The van der Waals surface area contributed by atoms with Gasteiger partial charge in [-0.25, -0.2) is 4.79 Å². The number of carbonyl (C=O) groups excluding carboxylic acids is 1. The molecule has 90 valence electrons. The maximum absolute atomic E-state index is 11.1. The second kappa shape index (κ2) is 4.67. The predicted octanol–water partition coefficient (Wildman–Crippen LogP) is 1.55. The zero-order valence-electron chi connectivity index (χ0n) is 9.33. The Labute approximate surface area is 103 Å². The van der Waals surface area contributed by atoms with Crippen LogP contribution in [0.3, 0.4) is 0 Å². The number of primary amides is 1. The molecular weight excluding hydrogens is 232 g/mol. The lowest BCUT2D eigenvalue weighted by Gasteiger charge is -2.07. The summed E-state index contributed by atoms with van der Waals surface area (Å²) in [6.45, 7) is 0. The fraction of sp³-hybridized carbons (Fsp3) is 0. The Bertz CT molecular complexity index is 609. The zero-order chi connectivity index (χ0) is 13.1. The largest absolute Gasteiger partial charge is 0.478 e. The molecule has 2 aromatic rings. The molecule has 0 aliphatic carbocycles. The molecule has 0 radical (unpaired) electrons. The number of rotatable bonds is 3. The molecule has 18 heavy (non-hydrogen) atoms. The molecule has 2 rings (SSSR count). The van der Waals surface area contributed by atoms with E-state index in [4.69, 9.17) is 10.8 Å². The van der Waals surface area contributed by atoms with Gasteiger partial charge < -0.3 is 10.8 Å². The molecule has 3 N–H and O–H groups in total. The van der Waals surface area contributed by atoms with Crippen molar-refractivity contribution >= 4 is 11.9 Å². The fourth-order valence-electron chi connectivity index (χ4n) is 1.64. The predicted molar refractivity (Wildman–Crippen MR) is 65.2 cm³/mol. The van der Waals surface area contributed by atoms with Gasteiger partial charge >= 0.3 is 5.97 Å². The van der Waals surface area contributed by atoms with E-state index in [-0.39, 0.29) is 11.1 Å². The van der Waals surface area contributed by atoms with E-state index >= 15 is 0 Å². The number of hydrogen-bond donors (Lipinski definition) is 2. The first kappa shape index (κ1) is 11.8. The van der Waals surface area contributed by atoms with Gasteiger partial charge in [0.1, 0.15) is 0 Å². The van der Waals surface area contributed by atoms with Gasteiger partial charge in [-0.1, -0.05) is 6.07 Å². The molecule has 0 saturated heterocycles. The van der Waals surface area contributed by atoms with Crippen LogP contribution in [0.2, 0.25) is 0 Å². The molecular formula is C13H10N2O3. The van der Waals surface area contributed by atoms with Gasteiger partial charge in [-0.3, -0.25) is 9.78 Å². The summed E-state index contributed by atoms with van der Waals surface area (Å²) in [6.07, 6.45) is 3.12. The van der Waals surface area contributed by atoms with E-state index in [1.165, 1.54) is 24.4 Å². The summed E-state index contributed by atoms with van der Waals surface area (Å²) in [7, 11) is 0. The van der Waals surface area contributed by atoms with Gasteiger partial charge in [0.2, 0.25) is 5.91 Å². The summed E-state index contributed by atoms with van der Waals surface area (Å²) in [5, 5.41) is 9.12. The minimum atomic E-state index is -1.06. The van der Waals surface area contributed by atoms with Crippen molar-refractivity contribution < 1.29 is 14.7 Å². The first-order valence-electron chi connectivity index (χ1n) is 5.17. The van der Waals surface area contributed by atoms with Crippen molar-refractivity contribution in [1.29, 1.82) is 0 Å². The molecule has 1 amide bonds. The maximum atomic E-state index is 11.1. The van der Waals surface area contributed by atoms with Gasteiger partial charge in [-0.2, -0.15) is 0 Å². The van der Waals surface area contributed by atoms with Gasteiger partial charge in [0.05, 0.1) is 5.56 Å². The first-order valence-corrected chi connectivity index (χ1v) is 5.17. The van der Waals surface area contributed by atoms with Crippen LogP contribution in [0.25, 0.3) is 11.1 Å². The van der Waals surface area contributed by atoms with Crippen LogP contribution in [0.5, 0.6) is 0 Å². The molecule has 1 heterocycles. The van der Waals surface area contributed by atoms with Crippen molar-refractivity contribution in [2.45, 2.75) is 0 Å². The van der Waals surface area contributed by atoms with E-state index in [0.717, 1.165) is 0 Å². The Morgan fingerprint density at radius 3 is 2.56 bits per heavy atom. The van der Waals surface area contributed by atoms with Gasteiger partial charge in [0.25, 0.3) is 0 Å². The number of carboxylic acids is 1. The van der Waals surface area contributed by atoms with Crippen LogP contribution in [0.15, 0.2) is 42.7 Å². The summed E-state index contributed by atoms with van der Waals surface area (Å²) < 4.78 is 0. The van der Waals surface area contributed by atoms with E-state index in [1.807, 2.05) is 0 Å². The monoisotopic (exact) mass is 242 g/mol. The third-order valence-corrected chi connectivity index (χ3v) is 2.51. The highest BCUT2D eigenvalue weighted by Gasteiger charge is 2.14. The van der Waals surface area contributed by atoms with Crippen LogP contribution >= 0.6 is 0 Å². The number of pyridine rings is 1. The number of aromatic carboxylic acids is 1. The van der Waals surface area contributed by atoms with E-state index in [1.54, 1.807) is 18.3 Å². The lowest BCUT2D eigenvalue weighted by Crippen LogP contribution is -2.12. The molecule has 0 atom stereocenters. The molecule has 0 aliphatic heterocycles. The van der Waals surface area contributed by atoms with E-state index < -0.39 is 11.9 Å². The Balaban J connectivity index is 2.65. The topological polar surface area (TPSA) is 93.3 Å². The van der Waals surface area contributed by atoms with Gasteiger partial charge in [0.15, 0.2) is 0 Å². The zero-order valence-corrected chi connectivity index (χ0v) is 9.33. The Kier molecular flexibility index (Phi) is 3.05. The lowest BCUT2D eigenvalue weighted by molar-refractivity contribution is 0.0697. The van der Waals surface area contributed by atoms with Crippen molar-refractivity contribution in [3.63, 3.8) is 0 Å². The van der Waals surface area contributed by atoms with Crippen molar-refractivity contribution in [3.8, 4) is 11.1 Å². The van der Waals surface area contributed by atoms with Crippen molar-refractivity contribution in [1.82, 2.24) is 4.98 Å². The Morgan fingerprint density at radius 1 is 1.22 bits per heavy atom.